The van der Waals surface area contributed by atoms with Gasteiger partial charge in [0.15, 0.2) is 5.96 Å². The third kappa shape index (κ3) is 7.21. The molecule has 0 radical (unpaired) electrons. The molecule has 0 spiro atoms. The molecule has 140 valence electrons. The third-order valence-corrected chi connectivity index (χ3v) is 4.98. The Balaban J connectivity index is 0.00000529. The summed E-state index contributed by atoms with van der Waals surface area (Å²) in [6.45, 7) is 13.4. The predicted octanol–water partition coefficient (Wildman–Crippen LogP) is 3.70. The number of nitrogens with zero attached hydrogens (tertiary/aromatic N) is 4. The topological polar surface area (TPSA) is 45.5 Å². The number of hydrogen-bond acceptors (Lipinski definition) is 3. The zero-order chi connectivity index (χ0) is 17.6. The van der Waals surface area contributed by atoms with Crippen LogP contribution in [0.3, 0.4) is 0 Å². The Morgan fingerprint density at radius 2 is 2.08 bits per heavy atom. The summed E-state index contributed by atoms with van der Waals surface area (Å²) in [4.78, 5) is 7.00. The van der Waals surface area contributed by atoms with Crippen LogP contribution in [-0.4, -0.2) is 51.8 Å². The summed E-state index contributed by atoms with van der Waals surface area (Å²) in [5, 5.41) is 7.99. The van der Waals surface area contributed by atoms with Crippen LogP contribution in [0.25, 0.3) is 0 Å². The highest BCUT2D eigenvalue weighted by Gasteiger charge is 2.18. The van der Waals surface area contributed by atoms with Gasteiger partial charge in [-0.25, -0.2) is 0 Å². The lowest BCUT2D eigenvalue weighted by Gasteiger charge is -2.25. The Kier molecular flexibility index (Phi) is 10.3. The van der Waals surface area contributed by atoms with Crippen LogP contribution in [0.5, 0.6) is 0 Å². The fourth-order valence-corrected chi connectivity index (χ4v) is 2.49. The van der Waals surface area contributed by atoms with Crippen molar-refractivity contribution in [1.29, 1.82) is 0 Å². The van der Waals surface area contributed by atoms with Crippen LogP contribution in [0, 0.1) is 0 Å². The SMILES string of the molecule is CCNC(=NCC(C)(C)SC)N(C)Cc1cn(C)nc1C(C)C.I. The van der Waals surface area contributed by atoms with Gasteiger partial charge in [-0.15, -0.1) is 24.0 Å². The highest BCUT2D eigenvalue weighted by Crippen LogP contribution is 2.22. The maximum Gasteiger partial charge on any atom is 0.194 e. The molecule has 0 fully saturated rings. The van der Waals surface area contributed by atoms with Gasteiger partial charge in [-0.2, -0.15) is 16.9 Å². The third-order valence-electron chi connectivity index (χ3n) is 3.75. The second-order valence-corrected chi connectivity index (χ2v) is 8.37. The van der Waals surface area contributed by atoms with Gasteiger partial charge in [0.05, 0.1) is 12.2 Å². The lowest BCUT2D eigenvalue weighted by Crippen LogP contribution is -2.39. The van der Waals surface area contributed by atoms with Gasteiger partial charge >= 0.3 is 0 Å². The predicted molar refractivity (Wildman–Crippen MR) is 118 cm³/mol. The van der Waals surface area contributed by atoms with Crippen molar-refractivity contribution in [3.05, 3.63) is 17.5 Å². The fourth-order valence-electron chi connectivity index (χ4n) is 2.29. The average molecular weight is 467 g/mol. The molecule has 0 saturated carbocycles. The number of aryl methyl sites for hydroxylation is 1. The van der Waals surface area contributed by atoms with Gasteiger partial charge < -0.3 is 10.2 Å². The first-order chi connectivity index (χ1) is 10.7. The van der Waals surface area contributed by atoms with Crippen LogP contribution < -0.4 is 5.32 Å². The minimum atomic E-state index is 0. The van der Waals surface area contributed by atoms with E-state index >= 15 is 0 Å². The van der Waals surface area contributed by atoms with E-state index < -0.39 is 0 Å². The molecule has 1 rings (SSSR count). The van der Waals surface area contributed by atoms with Gasteiger partial charge in [0.25, 0.3) is 0 Å². The number of aromatic nitrogens is 2. The fraction of sp³-hybridized carbons (Fsp3) is 0.765. The maximum absolute atomic E-state index is 4.82. The molecule has 7 heteroatoms. The van der Waals surface area contributed by atoms with E-state index in [4.69, 9.17) is 4.99 Å². The molecule has 0 amide bonds. The average Bonchev–Trinajstić information content (AvgIpc) is 2.84. The first-order valence-corrected chi connectivity index (χ1v) is 9.49. The summed E-state index contributed by atoms with van der Waals surface area (Å²) in [7, 11) is 4.07. The standard InChI is InChI=1S/C17H33N5S.HI/c1-9-18-16(19-12-17(4,5)23-8)21(6)10-14-11-22(7)20-15(14)13(2)3;/h11,13H,9-10,12H2,1-8H3,(H,18,19);1H. The summed E-state index contributed by atoms with van der Waals surface area (Å²) in [5.41, 5.74) is 2.43. The summed E-state index contributed by atoms with van der Waals surface area (Å²) in [5.74, 6) is 1.38. The van der Waals surface area contributed by atoms with Crippen LogP contribution >= 0.6 is 35.7 Å². The Labute approximate surface area is 169 Å². The quantitative estimate of drug-likeness (QED) is 0.378. The van der Waals surface area contributed by atoms with Gasteiger partial charge in [0.1, 0.15) is 0 Å². The summed E-state index contributed by atoms with van der Waals surface area (Å²) < 4.78 is 2.05. The minimum Gasteiger partial charge on any atom is -0.357 e. The zero-order valence-corrected chi connectivity index (χ0v) is 19.5. The molecular weight excluding hydrogens is 433 g/mol. The van der Waals surface area contributed by atoms with Crippen LogP contribution in [0.15, 0.2) is 11.2 Å². The van der Waals surface area contributed by atoms with Gasteiger partial charge in [-0.3, -0.25) is 9.67 Å². The molecule has 5 nitrogen and oxygen atoms in total. The number of aliphatic imine (C=N–C) groups is 1. The largest absolute Gasteiger partial charge is 0.357 e. The molecule has 0 aromatic carbocycles. The smallest absolute Gasteiger partial charge is 0.194 e. The minimum absolute atomic E-state index is 0. The van der Waals surface area contributed by atoms with Crippen molar-refractivity contribution in [2.24, 2.45) is 12.0 Å². The normalized spacial score (nSPS) is 12.3. The summed E-state index contributed by atoms with van der Waals surface area (Å²) in [6.07, 6.45) is 4.25. The van der Waals surface area contributed by atoms with E-state index in [1.54, 1.807) is 0 Å². The van der Waals surface area contributed by atoms with Gasteiger partial charge in [0, 0.05) is 43.7 Å². The van der Waals surface area contributed by atoms with Crippen LogP contribution in [0.2, 0.25) is 0 Å². The lowest BCUT2D eigenvalue weighted by molar-refractivity contribution is 0.472. The van der Waals surface area contributed by atoms with Crippen LogP contribution in [-0.2, 0) is 13.6 Å². The number of guanidine groups is 1. The Bertz CT molecular complexity index is 525. The van der Waals surface area contributed by atoms with E-state index in [0.717, 1.165) is 25.6 Å². The molecule has 0 atom stereocenters. The molecule has 24 heavy (non-hydrogen) atoms. The zero-order valence-electron chi connectivity index (χ0n) is 16.4. The molecule has 1 aromatic rings. The Morgan fingerprint density at radius 1 is 1.46 bits per heavy atom. The Hall–Kier alpha value is -0.440. The van der Waals surface area contributed by atoms with Crippen molar-refractivity contribution in [1.82, 2.24) is 20.0 Å². The first kappa shape index (κ1) is 23.6. The molecule has 1 heterocycles. The van der Waals surface area contributed by atoms with Gasteiger partial charge in [0.2, 0.25) is 0 Å². The van der Waals surface area contributed by atoms with Gasteiger partial charge in [-0.1, -0.05) is 13.8 Å². The van der Waals surface area contributed by atoms with E-state index in [0.29, 0.717) is 5.92 Å². The van der Waals surface area contributed by atoms with Crippen molar-refractivity contribution < 1.29 is 0 Å². The maximum atomic E-state index is 4.82. The van der Waals surface area contributed by atoms with Crippen molar-refractivity contribution in [3.63, 3.8) is 0 Å². The molecular formula is C17H34IN5S. The lowest BCUT2D eigenvalue weighted by atomic mass is 10.1. The molecule has 0 aliphatic rings. The summed E-state index contributed by atoms with van der Waals surface area (Å²) >= 11 is 1.85. The molecule has 0 unspecified atom stereocenters. The first-order valence-electron chi connectivity index (χ1n) is 8.27. The number of rotatable bonds is 7. The van der Waals surface area contributed by atoms with Crippen molar-refractivity contribution in [2.45, 2.75) is 51.8 Å². The molecule has 0 aliphatic carbocycles. The number of hydrogen-bond donors (Lipinski definition) is 1. The molecule has 1 aromatic heterocycles. The van der Waals surface area contributed by atoms with E-state index in [-0.39, 0.29) is 28.7 Å². The van der Waals surface area contributed by atoms with E-state index in [9.17, 15) is 0 Å². The Morgan fingerprint density at radius 3 is 2.58 bits per heavy atom. The van der Waals surface area contributed by atoms with Gasteiger partial charge in [-0.05, 0) is 32.9 Å². The molecule has 0 saturated heterocycles. The molecule has 1 N–H and O–H groups in total. The van der Waals surface area contributed by atoms with Crippen molar-refractivity contribution in [3.8, 4) is 0 Å². The van der Waals surface area contributed by atoms with Crippen LogP contribution in [0.1, 0.15) is 51.8 Å². The monoisotopic (exact) mass is 467 g/mol. The highest BCUT2D eigenvalue weighted by atomic mass is 127. The van der Waals surface area contributed by atoms with Crippen molar-refractivity contribution in [2.75, 3.05) is 26.4 Å². The van der Waals surface area contributed by atoms with Crippen molar-refractivity contribution >= 4 is 41.7 Å². The molecule has 0 aliphatic heterocycles. The second-order valence-electron chi connectivity index (χ2n) is 6.86. The van der Waals surface area contributed by atoms with E-state index in [1.165, 1.54) is 11.3 Å². The van der Waals surface area contributed by atoms with Crippen LogP contribution in [0.4, 0.5) is 0 Å². The second kappa shape index (κ2) is 10.5. The highest BCUT2D eigenvalue weighted by molar-refractivity contribution is 14.0. The number of nitrogens with one attached hydrogen (secondary N) is 1. The number of thioether (sulfide) groups is 1. The van der Waals surface area contributed by atoms with E-state index in [1.807, 2.05) is 23.5 Å². The molecule has 0 bridgehead atoms. The summed E-state index contributed by atoms with van der Waals surface area (Å²) in [6, 6.07) is 0. The number of halogens is 1. The van der Waals surface area contributed by atoms with E-state index in [2.05, 4.69) is 69.4 Å².